The van der Waals surface area contributed by atoms with E-state index in [2.05, 4.69) is 56.3 Å². The maximum absolute atomic E-state index is 8.69. The lowest BCUT2D eigenvalue weighted by Crippen LogP contribution is -2.19. The van der Waals surface area contributed by atoms with Crippen molar-refractivity contribution in [2.24, 2.45) is 0 Å². The van der Waals surface area contributed by atoms with Crippen LogP contribution < -0.4 is 0 Å². The normalized spacial score (nSPS) is 12.4. The number of hydrogen-bond donors (Lipinski definition) is 0. The third-order valence-corrected chi connectivity index (χ3v) is 3.06. The minimum absolute atomic E-state index is 0.352. The summed E-state index contributed by atoms with van der Waals surface area (Å²) in [5.74, 6) is 0. The van der Waals surface area contributed by atoms with Crippen LogP contribution in [0, 0.1) is 11.3 Å². The summed E-state index contributed by atoms with van der Waals surface area (Å²) in [7, 11) is 4.14. The summed E-state index contributed by atoms with van der Waals surface area (Å²) in [4.78, 5) is 2.19. The first-order valence-electron chi connectivity index (χ1n) is 6.31. The van der Waals surface area contributed by atoms with E-state index in [1.54, 1.807) is 0 Å². The first-order valence-corrected chi connectivity index (χ1v) is 6.31. The van der Waals surface area contributed by atoms with Crippen molar-refractivity contribution in [3.05, 3.63) is 35.4 Å². The third kappa shape index (κ3) is 4.20. The molecule has 1 rings (SSSR count). The molecule has 1 unspecified atom stereocenters. The van der Waals surface area contributed by atoms with Crippen LogP contribution in [0.25, 0.3) is 0 Å². The van der Waals surface area contributed by atoms with E-state index < -0.39 is 0 Å². The van der Waals surface area contributed by atoms with Crippen LogP contribution in [-0.4, -0.2) is 19.0 Å². The Morgan fingerprint density at radius 1 is 1.24 bits per heavy atom. The second-order valence-corrected chi connectivity index (χ2v) is 4.67. The van der Waals surface area contributed by atoms with E-state index >= 15 is 0 Å². The fourth-order valence-electron chi connectivity index (χ4n) is 2.12. The first-order chi connectivity index (χ1) is 8.19. The molecule has 0 aliphatic rings. The number of benzene rings is 1. The zero-order valence-electron chi connectivity index (χ0n) is 11.1. The van der Waals surface area contributed by atoms with Gasteiger partial charge in [-0.2, -0.15) is 5.26 Å². The van der Waals surface area contributed by atoms with E-state index in [9.17, 15) is 0 Å². The lowest BCUT2D eigenvalue weighted by Gasteiger charge is -2.24. The fraction of sp³-hybridized carbons (Fsp3) is 0.533. The van der Waals surface area contributed by atoms with E-state index in [0.29, 0.717) is 12.5 Å². The lowest BCUT2D eigenvalue weighted by atomic mass is 9.99. The van der Waals surface area contributed by atoms with Crippen molar-refractivity contribution >= 4 is 0 Å². The van der Waals surface area contributed by atoms with Gasteiger partial charge in [-0.15, -0.1) is 0 Å². The van der Waals surface area contributed by atoms with E-state index in [4.69, 9.17) is 5.26 Å². The Bertz CT molecular complexity index is 360. The van der Waals surface area contributed by atoms with Gasteiger partial charge in [-0.25, -0.2) is 0 Å². The molecule has 1 aromatic rings. The van der Waals surface area contributed by atoms with Gasteiger partial charge >= 0.3 is 0 Å². The molecule has 0 aliphatic heterocycles. The highest BCUT2D eigenvalue weighted by Gasteiger charge is 2.13. The van der Waals surface area contributed by atoms with Crippen molar-refractivity contribution in [3.63, 3.8) is 0 Å². The molecule has 0 spiro atoms. The molecule has 2 heteroatoms. The SMILES string of the molecule is CCCc1ccc(C(CCC#N)N(C)C)cc1. The summed E-state index contributed by atoms with van der Waals surface area (Å²) in [6.45, 7) is 2.20. The van der Waals surface area contributed by atoms with Gasteiger partial charge < -0.3 is 4.90 Å². The van der Waals surface area contributed by atoms with Crippen molar-refractivity contribution in [3.8, 4) is 6.07 Å². The van der Waals surface area contributed by atoms with Crippen molar-refractivity contribution in [2.45, 2.75) is 38.6 Å². The van der Waals surface area contributed by atoms with Gasteiger partial charge in [0, 0.05) is 12.5 Å². The van der Waals surface area contributed by atoms with E-state index in [0.717, 1.165) is 12.8 Å². The van der Waals surface area contributed by atoms with Gasteiger partial charge in [0.05, 0.1) is 6.07 Å². The molecule has 1 aromatic carbocycles. The van der Waals surface area contributed by atoms with Gasteiger partial charge in [0.2, 0.25) is 0 Å². The monoisotopic (exact) mass is 230 g/mol. The van der Waals surface area contributed by atoms with Gasteiger partial charge in [0.15, 0.2) is 0 Å². The van der Waals surface area contributed by atoms with Crippen LogP contribution in [0.4, 0.5) is 0 Å². The van der Waals surface area contributed by atoms with Crippen LogP contribution >= 0.6 is 0 Å². The highest BCUT2D eigenvalue weighted by molar-refractivity contribution is 5.25. The average Bonchev–Trinajstić information content (AvgIpc) is 2.31. The van der Waals surface area contributed by atoms with Crippen LogP contribution in [0.15, 0.2) is 24.3 Å². The van der Waals surface area contributed by atoms with Crippen molar-refractivity contribution in [1.29, 1.82) is 5.26 Å². The predicted molar refractivity (Wildman–Crippen MR) is 71.7 cm³/mol. The number of aryl methyl sites for hydroxylation is 1. The largest absolute Gasteiger partial charge is 0.302 e. The molecule has 0 amide bonds. The minimum Gasteiger partial charge on any atom is -0.302 e. The molecule has 0 heterocycles. The lowest BCUT2D eigenvalue weighted by molar-refractivity contribution is 0.286. The topological polar surface area (TPSA) is 27.0 Å². The highest BCUT2D eigenvalue weighted by atomic mass is 15.1. The summed E-state index contributed by atoms with van der Waals surface area (Å²) in [6, 6.07) is 11.4. The molecule has 0 saturated heterocycles. The molecular formula is C15H22N2. The van der Waals surface area contributed by atoms with Crippen molar-refractivity contribution < 1.29 is 0 Å². The number of hydrogen-bond acceptors (Lipinski definition) is 2. The van der Waals surface area contributed by atoms with Crippen LogP contribution in [0.2, 0.25) is 0 Å². The molecule has 2 nitrogen and oxygen atoms in total. The number of rotatable bonds is 6. The van der Waals surface area contributed by atoms with E-state index in [1.807, 2.05) is 0 Å². The zero-order valence-corrected chi connectivity index (χ0v) is 11.1. The van der Waals surface area contributed by atoms with Crippen molar-refractivity contribution in [1.82, 2.24) is 4.90 Å². The second kappa shape index (κ2) is 7.09. The molecule has 0 radical (unpaired) electrons. The number of nitrogens with zero attached hydrogens (tertiary/aromatic N) is 2. The van der Waals surface area contributed by atoms with Gasteiger partial charge in [0.25, 0.3) is 0 Å². The smallest absolute Gasteiger partial charge is 0.0622 e. The highest BCUT2D eigenvalue weighted by Crippen LogP contribution is 2.23. The molecule has 0 fully saturated rings. The average molecular weight is 230 g/mol. The molecule has 0 bridgehead atoms. The molecule has 0 saturated carbocycles. The number of nitriles is 1. The van der Waals surface area contributed by atoms with Gasteiger partial charge in [-0.05, 0) is 38.1 Å². The summed E-state index contributed by atoms with van der Waals surface area (Å²) < 4.78 is 0. The Morgan fingerprint density at radius 2 is 1.88 bits per heavy atom. The zero-order chi connectivity index (χ0) is 12.7. The Hall–Kier alpha value is -1.33. The quantitative estimate of drug-likeness (QED) is 0.747. The first kappa shape index (κ1) is 13.7. The maximum atomic E-state index is 8.69. The van der Waals surface area contributed by atoms with Crippen LogP contribution in [0.3, 0.4) is 0 Å². The molecular weight excluding hydrogens is 208 g/mol. The Morgan fingerprint density at radius 3 is 2.35 bits per heavy atom. The standard InChI is InChI=1S/C15H22N2/c1-4-6-13-8-10-14(11-9-13)15(17(2)3)7-5-12-16/h8-11,15H,4-7H2,1-3H3. The van der Waals surface area contributed by atoms with E-state index in [1.165, 1.54) is 17.5 Å². The molecule has 0 N–H and O–H groups in total. The molecule has 1 atom stereocenters. The Balaban J connectivity index is 2.77. The Kier molecular flexibility index (Phi) is 5.72. The van der Waals surface area contributed by atoms with E-state index in [-0.39, 0.29) is 0 Å². The summed E-state index contributed by atoms with van der Waals surface area (Å²) in [5, 5.41) is 8.69. The molecule has 0 aliphatic carbocycles. The van der Waals surface area contributed by atoms with Gasteiger partial charge in [-0.1, -0.05) is 37.6 Å². The predicted octanol–water partition coefficient (Wildman–Crippen LogP) is 3.55. The van der Waals surface area contributed by atoms with Crippen LogP contribution in [-0.2, 0) is 6.42 Å². The van der Waals surface area contributed by atoms with Crippen LogP contribution in [0.1, 0.15) is 43.4 Å². The molecule has 92 valence electrons. The van der Waals surface area contributed by atoms with Crippen molar-refractivity contribution in [2.75, 3.05) is 14.1 Å². The van der Waals surface area contributed by atoms with Gasteiger partial charge in [-0.3, -0.25) is 0 Å². The third-order valence-electron chi connectivity index (χ3n) is 3.06. The van der Waals surface area contributed by atoms with Crippen LogP contribution in [0.5, 0.6) is 0 Å². The summed E-state index contributed by atoms with van der Waals surface area (Å²) in [6.07, 6.45) is 3.84. The summed E-state index contributed by atoms with van der Waals surface area (Å²) >= 11 is 0. The summed E-state index contributed by atoms with van der Waals surface area (Å²) in [5.41, 5.74) is 2.71. The molecule has 0 aromatic heterocycles. The minimum atomic E-state index is 0.352. The second-order valence-electron chi connectivity index (χ2n) is 4.67. The fourth-order valence-corrected chi connectivity index (χ4v) is 2.12. The molecule has 17 heavy (non-hydrogen) atoms. The Labute approximate surface area is 105 Å². The maximum Gasteiger partial charge on any atom is 0.0622 e. The van der Waals surface area contributed by atoms with Gasteiger partial charge in [0.1, 0.15) is 0 Å².